The third-order valence-corrected chi connectivity index (χ3v) is 8.05. The van der Waals surface area contributed by atoms with Gasteiger partial charge in [-0.15, -0.1) is 0 Å². The van der Waals surface area contributed by atoms with E-state index in [1.165, 1.54) is 11.8 Å². The zero-order chi connectivity index (χ0) is 22.8. The zero-order valence-electron chi connectivity index (χ0n) is 18.1. The number of aromatic nitrogens is 1. The Morgan fingerprint density at radius 3 is 2.21 bits per heavy atom. The molecular formula is C26H24ClN3O2S. The molecule has 0 bridgehead atoms. The van der Waals surface area contributed by atoms with E-state index in [4.69, 9.17) is 11.6 Å². The lowest BCUT2D eigenvalue weighted by Crippen LogP contribution is -2.46. The van der Waals surface area contributed by atoms with Crippen LogP contribution < -0.4 is 4.90 Å². The van der Waals surface area contributed by atoms with Crippen molar-refractivity contribution < 1.29 is 8.42 Å². The van der Waals surface area contributed by atoms with E-state index in [0.717, 1.165) is 43.6 Å². The largest absolute Gasteiger partial charge is 0.367 e. The number of sulfone groups is 1. The minimum atomic E-state index is -3.75. The third kappa shape index (κ3) is 4.47. The molecule has 2 heterocycles. The SMILES string of the molecule is O=S(=O)(c1ccccc1)c1cnc2ccc(Cl)cc2c1N1CCN(Cc2ccccc2)CC1. The Hall–Kier alpha value is -2.93. The maximum absolute atomic E-state index is 13.6. The van der Waals surface area contributed by atoms with E-state index in [0.29, 0.717) is 10.7 Å². The van der Waals surface area contributed by atoms with Crippen molar-refractivity contribution >= 4 is 38.0 Å². The highest BCUT2D eigenvalue weighted by Crippen LogP contribution is 2.37. The van der Waals surface area contributed by atoms with Gasteiger partial charge in [-0.25, -0.2) is 8.42 Å². The second-order valence-electron chi connectivity index (χ2n) is 8.20. The summed E-state index contributed by atoms with van der Waals surface area (Å²) in [6.07, 6.45) is 1.49. The van der Waals surface area contributed by atoms with E-state index in [1.54, 1.807) is 30.3 Å². The molecule has 0 unspecified atom stereocenters. The first-order valence-electron chi connectivity index (χ1n) is 10.9. The van der Waals surface area contributed by atoms with Gasteiger partial charge in [0.05, 0.1) is 16.1 Å². The summed E-state index contributed by atoms with van der Waals surface area (Å²) in [6, 6.07) is 24.4. The minimum Gasteiger partial charge on any atom is -0.367 e. The van der Waals surface area contributed by atoms with Crippen LogP contribution in [0.5, 0.6) is 0 Å². The van der Waals surface area contributed by atoms with Gasteiger partial charge in [-0.05, 0) is 35.9 Å². The van der Waals surface area contributed by atoms with Gasteiger partial charge >= 0.3 is 0 Å². The van der Waals surface area contributed by atoms with Crippen LogP contribution in [0, 0.1) is 0 Å². The molecule has 1 aliphatic heterocycles. The van der Waals surface area contributed by atoms with Crippen LogP contribution in [-0.2, 0) is 16.4 Å². The number of fused-ring (bicyclic) bond motifs is 1. The van der Waals surface area contributed by atoms with Crippen LogP contribution in [0.2, 0.25) is 5.02 Å². The van der Waals surface area contributed by atoms with Gasteiger partial charge in [0, 0.05) is 49.3 Å². The highest BCUT2D eigenvalue weighted by Gasteiger charge is 2.28. The van der Waals surface area contributed by atoms with Crippen molar-refractivity contribution in [1.82, 2.24) is 9.88 Å². The molecule has 0 aliphatic carbocycles. The Balaban J connectivity index is 1.53. The highest BCUT2D eigenvalue weighted by atomic mass is 35.5. The standard InChI is InChI=1S/C26H24ClN3O2S/c27-21-11-12-24-23(17-21)26(25(18-28-24)33(31,32)22-9-5-2-6-10-22)30-15-13-29(14-16-30)19-20-7-3-1-4-8-20/h1-12,17-18H,13-16,19H2. The topological polar surface area (TPSA) is 53.5 Å². The molecule has 0 N–H and O–H groups in total. The second kappa shape index (κ2) is 9.14. The summed E-state index contributed by atoms with van der Waals surface area (Å²) in [5.41, 5.74) is 2.69. The predicted octanol–water partition coefficient (Wildman–Crippen LogP) is 5.04. The average molecular weight is 478 g/mol. The molecular weight excluding hydrogens is 454 g/mol. The van der Waals surface area contributed by atoms with Crippen molar-refractivity contribution in [3.63, 3.8) is 0 Å². The Bertz CT molecular complexity index is 1370. The zero-order valence-corrected chi connectivity index (χ0v) is 19.6. The average Bonchev–Trinajstić information content (AvgIpc) is 2.85. The molecule has 168 valence electrons. The Labute approximate surface area is 199 Å². The second-order valence-corrected chi connectivity index (χ2v) is 10.6. The van der Waals surface area contributed by atoms with E-state index in [-0.39, 0.29) is 9.79 Å². The molecule has 1 aliphatic rings. The number of benzene rings is 3. The monoisotopic (exact) mass is 477 g/mol. The minimum absolute atomic E-state index is 0.222. The number of halogens is 1. The van der Waals surface area contributed by atoms with Crippen LogP contribution in [-0.4, -0.2) is 44.5 Å². The van der Waals surface area contributed by atoms with Crippen LogP contribution in [0.3, 0.4) is 0 Å². The van der Waals surface area contributed by atoms with Crippen molar-refractivity contribution in [3.05, 3.63) is 95.6 Å². The molecule has 3 aromatic carbocycles. The summed E-state index contributed by atoms with van der Waals surface area (Å²) in [5, 5.41) is 1.32. The van der Waals surface area contributed by atoms with Crippen molar-refractivity contribution in [2.24, 2.45) is 0 Å². The number of anilines is 1. The first-order valence-corrected chi connectivity index (χ1v) is 12.8. The Morgan fingerprint density at radius 2 is 1.52 bits per heavy atom. The maximum Gasteiger partial charge on any atom is 0.210 e. The van der Waals surface area contributed by atoms with Gasteiger partial charge in [0.2, 0.25) is 9.84 Å². The molecule has 5 nitrogen and oxygen atoms in total. The van der Waals surface area contributed by atoms with E-state index in [9.17, 15) is 8.42 Å². The molecule has 4 aromatic rings. The first-order chi connectivity index (χ1) is 16.0. The van der Waals surface area contributed by atoms with Crippen molar-refractivity contribution in [2.45, 2.75) is 16.3 Å². The molecule has 33 heavy (non-hydrogen) atoms. The predicted molar refractivity (Wildman–Crippen MR) is 133 cm³/mol. The van der Waals surface area contributed by atoms with Crippen LogP contribution in [0.25, 0.3) is 10.9 Å². The lowest BCUT2D eigenvalue weighted by atomic mass is 10.1. The first kappa shape index (κ1) is 21.9. The fraction of sp³-hybridized carbons (Fsp3) is 0.192. The summed E-state index contributed by atoms with van der Waals surface area (Å²) in [4.78, 5) is 9.51. The van der Waals surface area contributed by atoms with Gasteiger partial charge < -0.3 is 4.90 Å². The number of nitrogens with zero attached hydrogens (tertiary/aromatic N) is 3. The van der Waals surface area contributed by atoms with Gasteiger partial charge in [-0.2, -0.15) is 0 Å². The van der Waals surface area contributed by atoms with E-state index >= 15 is 0 Å². The number of piperazine rings is 1. The maximum atomic E-state index is 13.6. The fourth-order valence-electron chi connectivity index (χ4n) is 4.35. The number of rotatable bonds is 5. The van der Waals surface area contributed by atoms with Crippen molar-refractivity contribution in [2.75, 3.05) is 31.1 Å². The molecule has 0 amide bonds. The lowest BCUT2D eigenvalue weighted by Gasteiger charge is -2.37. The number of hydrogen-bond donors (Lipinski definition) is 0. The quantitative estimate of drug-likeness (QED) is 0.403. The summed E-state index contributed by atoms with van der Waals surface area (Å²) in [6.45, 7) is 3.99. The van der Waals surface area contributed by atoms with Gasteiger partial charge in [-0.3, -0.25) is 9.88 Å². The third-order valence-electron chi connectivity index (χ3n) is 6.05. The van der Waals surface area contributed by atoms with Crippen LogP contribution in [0.1, 0.15) is 5.56 Å². The smallest absolute Gasteiger partial charge is 0.210 e. The number of pyridine rings is 1. The van der Waals surface area contributed by atoms with Crippen molar-refractivity contribution in [1.29, 1.82) is 0 Å². The van der Waals surface area contributed by atoms with E-state index in [1.807, 2.05) is 24.3 Å². The molecule has 1 saturated heterocycles. The van der Waals surface area contributed by atoms with Crippen molar-refractivity contribution in [3.8, 4) is 0 Å². The molecule has 7 heteroatoms. The fourth-order valence-corrected chi connectivity index (χ4v) is 5.98. The molecule has 0 radical (unpaired) electrons. The summed E-state index contributed by atoms with van der Waals surface area (Å²) >= 11 is 6.32. The molecule has 0 saturated carbocycles. The molecule has 0 spiro atoms. The highest BCUT2D eigenvalue weighted by molar-refractivity contribution is 7.91. The van der Waals surface area contributed by atoms with Gasteiger partial charge in [0.25, 0.3) is 0 Å². The molecule has 5 rings (SSSR count). The van der Waals surface area contributed by atoms with Gasteiger partial charge in [-0.1, -0.05) is 60.1 Å². The van der Waals surface area contributed by atoms with Gasteiger partial charge in [0.1, 0.15) is 4.90 Å². The normalized spacial score (nSPS) is 15.1. The van der Waals surface area contributed by atoms with Gasteiger partial charge in [0.15, 0.2) is 0 Å². The lowest BCUT2D eigenvalue weighted by molar-refractivity contribution is 0.249. The van der Waals surface area contributed by atoms with Crippen LogP contribution >= 0.6 is 11.6 Å². The van der Waals surface area contributed by atoms with Crippen LogP contribution in [0.15, 0.2) is 94.9 Å². The van der Waals surface area contributed by atoms with E-state index < -0.39 is 9.84 Å². The Kier molecular flexibility index (Phi) is 6.06. The summed E-state index contributed by atoms with van der Waals surface area (Å²) in [5.74, 6) is 0. The summed E-state index contributed by atoms with van der Waals surface area (Å²) < 4.78 is 27.2. The van der Waals surface area contributed by atoms with Crippen LogP contribution in [0.4, 0.5) is 5.69 Å². The molecule has 0 atom stereocenters. The summed E-state index contributed by atoms with van der Waals surface area (Å²) in [7, 11) is -3.75. The molecule has 1 fully saturated rings. The van der Waals surface area contributed by atoms with E-state index in [2.05, 4.69) is 39.0 Å². The molecule has 1 aromatic heterocycles. The Morgan fingerprint density at radius 1 is 0.848 bits per heavy atom. The number of hydrogen-bond acceptors (Lipinski definition) is 5.